The Balaban J connectivity index is 2.38. The lowest BCUT2D eigenvalue weighted by molar-refractivity contribution is 0.170. The van der Waals surface area contributed by atoms with Gasteiger partial charge in [0.25, 0.3) is 0 Å². The quantitative estimate of drug-likeness (QED) is 0.795. The van der Waals surface area contributed by atoms with Crippen LogP contribution in [-0.2, 0) is 0 Å². The molecule has 15 heavy (non-hydrogen) atoms. The van der Waals surface area contributed by atoms with Gasteiger partial charge >= 0.3 is 0 Å². The lowest BCUT2D eigenvalue weighted by Crippen LogP contribution is -2.06. The molecule has 0 aliphatic rings. The molecule has 3 heteroatoms. The molecule has 1 heterocycles. The molecule has 0 fully saturated rings. The number of nitrogens with zero attached hydrogens (tertiary/aromatic N) is 1. The van der Waals surface area contributed by atoms with Gasteiger partial charge in [-0.1, -0.05) is 12.1 Å². The van der Waals surface area contributed by atoms with Crippen LogP contribution in [0.2, 0.25) is 0 Å². The van der Waals surface area contributed by atoms with Gasteiger partial charge in [-0.05, 0) is 36.7 Å². The number of hydrogen-bond donors (Lipinski definition) is 2. The number of fused-ring (bicyclic) bond motifs is 1. The van der Waals surface area contributed by atoms with Crippen LogP contribution in [0.25, 0.3) is 10.9 Å². The fourth-order valence-corrected chi connectivity index (χ4v) is 1.63. The maximum absolute atomic E-state index is 9.78. The predicted octanol–water partition coefficient (Wildman–Crippen LogP) is 1.62. The van der Waals surface area contributed by atoms with Gasteiger partial charge in [-0.25, -0.2) is 0 Å². The van der Waals surface area contributed by atoms with Crippen LogP contribution in [0.15, 0.2) is 36.5 Å². The number of aromatic nitrogens is 1. The van der Waals surface area contributed by atoms with Crippen molar-refractivity contribution in [2.75, 3.05) is 6.54 Å². The van der Waals surface area contributed by atoms with Crippen LogP contribution in [0.5, 0.6) is 0 Å². The van der Waals surface area contributed by atoms with Gasteiger partial charge in [0, 0.05) is 11.6 Å². The Morgan fingerprint density at radius 1 is 1.33 bits per heavy atom. The molecule has 0 spiro atoms. The number of hydrogen-bond acceptors (Lipinski definition) is 3. The zero-order valence-electron chi connectivity index (χ0n) is 8.43. The second-order valence-corrected chi connectivity index (χ2v) is 3.55. The van der Waals surface area contributed by atoms with E-state index in [9.17, 15) is 5.11 Å². The van der Waals surface area contributed by atoms with E-state index in [2.05, 4.69) is 4.98 Å². The maximum atomic E-state index is 9.78. The molecule has 0 unspecified atom stereocenters. The van der Waals surface area contributed by atoms with Gasteiger partial charge in [0.15, 0.2) is 0 Å². The van der Waals surface area contributed by atoms with E-state index in [1.165, 1.54) is 0 Å². The molecule has 0 bridgehead atoms. The van der Waals surface area contributed by atoms with Crippen LogP contribution in [0.4, 0.5) is 0 Å². The molecule has 0 aliphatic carbocycles. The summed E-state index contributed by atoms with van der Waals surface area (Å²) in [6.07, 6.45) is 1.88. The Bertz CT molecular complexity index is 456. The number of pyridine rings is 1. The first-order chi connectivity index (χ1) is 7.31. The summed E-state index contributed by atoms with van der Waals surface area (Å²) < 4.78 is 0. The fraction of sp³-hybridized carbons (Fsp3) is 0.250. The standard InChI is InChI=1S/C12H14N2O/c13-6-5-12(15)10-3-4-11-9(8-10)2-1-7-14-11/h1-4,7-8,12,15H,5-6,13H2/t12-/m1/s1. The van der Waals surface area contributed by atoms with Gasteiger partial charge in [0.1, 0.15) is 0 Å². The van der Waals surface area contributed by atoms with Crippen molar-refractivity contribution in [3.05, 3.63) is 42.1 Å². The molecule has 3 N–H and O–H groups in total. The Kier molecular flexibility index (Phi) is 2.94. The number of benzene rings is 1. The summed E-state index contributed by atoms with van der Waals surface area (Å²) in [6, 6.07) is 9.66. The third-order valence-corrected chi connectivity index (χ3v) is 2.45. The lowest BCUT2D eigenvalue weighted by Gasteiger charge is -2.09. The minimum absolute atomic E-state index is 0.473. The second kappa shape index (κ2) is 4.38. The zero-order valence-corrected chi connectivity index (χ0v) is 8.43. The topological polar surface area (TPSA) is 59.1 Å². The van der Waals surface area contributed by atoms with Gasteiger partial charge in [0.05, 0.1) is 11.6 Å². The first-order valence-electron chi connectivity index (χ1n) is 5.04. The highest BCUT2D eigenvalue weighted by molar-refractivity contribution is 5.78. The van der Waals surface area contributed by atoms with Crippen LogP contribution < -0.4 is 5.73 Å². The monoisotopic (exact) mass is 202 g/mol. The van der Waals surface area contributed by atoms with E-state index in [4.69, 9.17) is 5.73 Å². The molecule has 2 rings (SSSR count). The van der Waals surface area contributed by atoms with Gasteiger partial charge in [0.2, 0.25) is 0 Å². The maximum Gasteiger partial charge on any atom is 0.0802 e. The van der Waals surface area contributed by atoms with E-state index in [1.54, 1.807) is 6.20 Å². The molecule has 78 valence electrons. The predicted molar refractivity (Wildman–Crippen MR) is 60.4 cm³/mol. The Morgan fingerprint density at radius 2 is 2.20 bits per heavy atom. The van der Waals surface area contributed by atoms with Crippen molar-refractivity contribution in [1.82, 2.24) is 4.98 Å². The highest BCUT2D eigenvalue weighted by atomic mass is 16.3. The number of nitrogens with two attached hydrogens (primary N) is 1. The average molecular weight is 202 g/mol. The first kappa shape index (κ1) is 10.1. The number of aliphatic hydroxyl groups excluding tert-OH is 1. The molecule has 3 nitrogen and oxygen atoms in total. The molecule has 0 aliphatic heterocycles. The molecular weight excluding hydrogens is 188 g/mol. The smallest absolute Gasteiger partial charge is 0.0802 e. The second-order valence-electron chi connectivity index (χ2n) is 3.55. The summed E-state index contributed by atoms with van der Waals surface area (Å²) in [6.45, 7) is 0.492. The molecule has 0 saturated heterocycles. The third kappa shape index (κ3) is 2.14. The lowest BCUT2D eigenvalue weighted by atomic mass is 10.0. The van der Waals surface area contributed by atoms with Crippen molar-refractivity contribution >= 4 is 10.9 Å². The Morgan fingerprint density at radius 3 is 3.00 bits per heavy atom. The molecule has 1 aromatic heterocycles. The number of aliphatic hydroxyl groups is 1. The van der Waals surface area contributed by atoms with Crippen LogP contribution >= 0.6 is 0 Å². The molecule has 1 atom stereocenters. The van der Waals surface area contributed by atoms with Crippen LogP contribution in [0.3, 0.4) is 0 Å². The van der Waals surface area contributed by atoms with Crippen molar-refractivity contribution in [2.45, 2.75) is 12.5 Å². The van der Waals surface area contributed by atoms with Gasteiger partial charge in [-0.3, -0.25) is 4.98 Å². The van der Waals surface area contributed by atoms with E-state index >= 15 is 0 Å². The van der Waals surface area contributed by atoms with Crippen LogP contribution in [0.1, 0.15) is 18.1 Å². The molecule has 0 saturated carbocycles. The molecular formula is C12H14N2O. The summed E-state index contributed by atoms with van der Waals surface area (Å²) in [4.78, 5) is 4.22. The Labute approximate surface area is 88.6 Å². The summed E-state index contributed by atoms with van der Waals surface area (Å²) in [5.74, 6) is 0. The van der Waals surface area contributed by atoms with Crippen molar-refractivity contribution in [3.63, 3.8) is 0 Å². The molecule has 1 aromatic carbocycles. The van der Waals surface area contributed by atoms with Crippen LogP contribution in [0, 0.1) is 0 Å². The Hall–Kier alpha value is -1.45. The van der Waals surface area contributed by atoms with Crippen molar-refractivity contribution < 1.29 is 5.11 Å². The summed E-state index contributed by atoms with van der Waals surface area (Å²) in [5, 5.41) is 10.8. The summed E-state index contributed by atoms with van der Waals surface area (Å²) in [5.41, 5.74) is 7.26. The summed E-state index contributed by atoms with van der Waals surface area (Å²) >= 11 is 0. The van der Waals surface area contributed by atoms with Crippen molar-refractivity contribution in [2.24, 2.45) is 5.73 Å². The van der Waals surface area contributed by atoms with E-state index in [-0.39, 0.29) is 0 Å². The largest absolute Gasteiger partial charge is 0.388 e. The molecule has 0 radical (unpaired) electrons. The third-order valence-electron chi connectivity index (χ3n) is 2.45. The first-order valence-corrected chi connectivity index (χ1v) is 5.04. The minimum atomic E-state index is -0.473. The van der Waals surface area contributed by atoms with Gasteiger partial charge in [-0.15, -0.1) is 0 Å². The van der Waals surface area contributed by atoms with Crippen LogP contribution in [-0.4, -0.2) is 16.6 Å². The molecule has 0 amide bonds. The molecule has 2 aromatic rings. The van der Waals surface area contributed by atoms with Crippen molar-refractivity contribution in [3.8, 4) is 0 Å². The van der Waals surface area contributed by atoms with E-state index in [1.807, 2.05) is 30.3 Å². The fourth-order valence-electron chi connectivity index (χ4n) is 1.63. The minimum Gasteiger partial charge on any atom is -0.388 e. The zero-order chi connectivity index (χ0) is 10.7. The average Bonchev–Trinajstić information content (AvgIpc) is 2.29. The number of rotatable bonds is 3. The van der Waals surface area contributed by atoms with Gasteiger partial charge in [-0.2, -0.15) is 0 Å². The van der Waals surface area contributed by atoms with E-state index in [0.29, 0.717) is 13.0 Å². The summed E-state index contributed by atoms with van der Waals surface area (Å²) in [7, 11) is 0. The normalized spacial score (nSPS) is 12.9. The van der Waals surface area contributed by atoms with Crippen molar-refractivity contribution in [1.29, 1.82) is 0 Å². The highest BCUT2D eigenvalue weighted by Gasteiger charge is 2.06. The van der Waals surface area contributed by atoms with E-state index in [0.717, 1.165) is 16.5 Å². The highest BCUT2D eigenvalue weighted by Crippen LogP contribution is 2.20. The van der Waals surface area contributed by atoms with E-state index < -0.39 is 6.10 Å². The van der Waals surface area contributed by atoms with Gasteiger partial charge < -0.3 is 10.8 Å². The SMILES string of the molecule is NCC[C@@H](O)c1ccc2ncccc2c1.